The minimum Gasteiger partial charge on any atom is -0.489 e. The van der Waals surface area contributed by atoms with Crippen molar-refractivity contribution < 1.29 is 23.8 Å². The van der Waals surface area contributed by atoms with Crippen LogP contribution in [0.1, 0.15) is 24.8 Å². The first-order chi connectivity index (χ1) is 20.0. The van der Waals surface area contributed by atoms with E-state index < -0.39 is 12.1 Å². The van der Waals surface area contributed by atoms with Crippen molar-refractivity contribution >= 4 is 28.3 Å². The number of piperidine rings is 1. The maximum atomic E-state index is 13.1. The second-order valence-corrected chi connectivity index (χ2v) is 9.82. The Morgan fingerprint density at radius 2 is 1.68 bits per heavy atom. The average Bonchev–Trinajstić information content (AvgIpc) is 2.98. The fourth-order valence-corrected chi connectivity index (χ4v) is 4.68. The van der Waals surface area contributed by atoms with Gasteiger partial charge in [-0.2, -0.15) is 5.26 Å². The number of benzene rings is 3. The summed E-state index contributed by atoms with van der Waals surface area (Å²) in [6.45, 7) is 2.58. The van der Waals surface area contributed by atoms with Gasteiger partial charge in [0.15, 0.2) is 0 Å². The van der Waals surface area contributed by atoms with Crippen LogP contribution in [0.3, 0.4) is 0 Å². The topological polar surface area (TPSA) is 120 Å². The van der Waals surface area contributed by atoms with Gasteiger partial charge in [0.25, 0.3) is 0 Å². The van der Waals surface area contributed by atoms with Gasteiger partial charge in [-0.1, -0.05) is 6.42 Å². The third-order valence-corrected chi connectivity index (χ3v) is 6.71. The van der Waals surface area contributed by atoms with E-state index in [1.807, 2.05) is 0 Å². The van der Waals surface area contributed by atoms with Gasteiger partial charge in [-0.25, -0.2) is 9.18 Å². The van der Waals surface area contributed by atoms with Crippen LogP contribution in [-0.2, 0) is 0 Å². The van der Waals surface area contributed by atoms with E-state index in [0.717, 1.165) is 25.9 Å². The predicted molar refractivity (Wildman–Crippen MR) is 154 cm³/mol. The van der Waals surface area contributed by atoms with Crippen molar-refractivity contribution in [2.75, 3.05) is 36.9 Å². The molecule has 0 bridgehead atoms. The lowest BCUT2D eigenvalue weighted by molar-refractivity contribution is 0.0617. The number of anilines is 2. The maximum Gasteiger partial charge on any atom is 0.323 e. The molecular weight excluding hydrogens is 525 g/mol. The first-order valence-electron chi connectivity index (χ1n) is 13.4. The van der Waals surface area contributed by atoms with E-state index in [-0.39, 0.29) is 12.4 Å². The standard InChI is InChI=1S/C31H30FN5O4/c32-22-4-6-23(7-5-22)35-31(39)36-24-8-10-26(11-9-24)41-29-12-13-34-28-17-30(21(18-33)16-27(28)29)40-20-25(38)19-37-14-2-1-3-15-37/h4-13,16-17,25,38H,1-3,14-15,19-20H2,(H2,35,36,39)/t25-/m1/s1. The molecule has 1 aromatic heterocycles. The fourth-order valence-electron chi connectivity index (χ4n) is 4.68. The maximum absolute atomic E-state index is 13.1. The van der Waals surface area contributed by atoms with Gasteiger partial charge in [0.05, 0.1) is 11.1 Å². The van der Waals surface area contributed by atoms with Gasteiger partial charge in [0.1, 0.15) is 41.8 Å². The number of hydrogen-bond acceptors (Lipinski definition) is 7. The molecule has 1 saturated heterocycles. The molecule has 3 aromatic carbocycles. The normalized spacial score (nSPS) is 14.2. The van der Waals surface area contributed by atoms with Crippen molar-refractivity contribution in [3.63, 3.8) is 0 Å². The molecule has 2 amide bonds. The summed E-state index contributed by atoms with van der Waals surface area (Å²) >= 11 is 0. The second-order valence-electron chi connectivity index (χ2n) is 9.82. The highest BCUT2D eigenvalue weighted by Gasteiger charge is 2.17. The van der Waals surface area contributed by atoms with E-state index in [1.54, 1.807) is 48.7 Å². The summed E-state index contributed by atoms with van der Waals surface area (Å²) in [5, 5.41) is 26.2. The number of β-amino-alcohol motifs (C(OH)–C–C–N with tert-alkyl or cyclic N) is 1. The monoisotopic (exact) mass is 555 g/mol. The van der Waals surface area contributed by atoms with Crippen molar-refractivity contribution in [2.45, 2.75) is 25.4 Å². The molecule has 1 atom stereocenters. The Morgan fingerprint density at radius 1 is 1.00 bits per heavy atom. The van der Waals surface area contributed by atoms with E-state index in [2.05, 4.69) is 26.6 Å². The van der Waals surface area contributed by atoms with Crippen molar-refractivity contribution in [3.05, 3.63) is 84.3 Å². The van der Waals surface area contributed by atoms with Crippen LogP contribution in [-0.4, -0.2) is 53.4 Å². The van der Waals surface area contributed by atoms with Crippen LogP contribution in [0.4, 0.5) is 20.6 Å². The number of aromatic nitrogens is 1. The molecule has 1 fully saturated rings. The Kier molecular flexibility index (Phi) is 8.89. The number of nitriles is 1. The molecule has 3 N–H and O–H groups in total. The lowest BCUT2D eigenvalue weighted by atomic mass is 10.1. The zero-order valence-electron chi connectivity index (χ0n) is 22.3. The van der Waals surface area contributed by atoms with Gasteiger partial charge in [0, 0.05) is 35.6 Å². The molecule has 0 spiro atoms. The van der Waals surface area contributed by atoms with Crippen LogP contribution in [0.5, 0.6) is 17.2 Å². The molecule has 4 aromatic rings. The lowest BCUT2D eigenvalue weighted by Gasteiger charge is -2.28. The number of likely N-dealkylation sites (tertiary alicyclic amines) is 1. The summed E-state index contributed by atoms with van der Waals surface area (Å²) in [5.41, 5.74) is 1.89. The van der Waals surface area contributed by atoms with Gasteiger partial charge < -0.3 is 30.1 Å². The van der Waals surface area contributed by atoms with E-state index in [0.29, 0.717) is 51.6 Å². The van der Waals surface area contributed by atoms with Crippen LogP contribution >= 0.6 is 0 Å². The summed E-state index contributed by atoms with van der Waals surface area (Å²) < 4.78 is 25.0. The molecule has 0 saturated carbocycles. The Balaban J connectivity index is 1.23. The summed E-state index contributed by atoms with van der Waals surface area (Å²) in [7, 11) is 0. The minimum absolute atomic E-state index is 0.0786. The first-order valence-corrected chi connectivity index (χ1v) is 13.4. The molecule has 41 heavy (non-hydrogen) atoms. The lowest BCUT2D eigenvalue weighted by Crippen LogP contribution is -2.38. The van der Waals surface area contributed by atoms with Crippen LogP contribution in [0, 0.1) is 17.1 Å². The molecule has 0 radical (unpaired) electrons. The molecule has 0 aliphatic carbocycles. The highest BCUT2D eigenvalue weighted by atomic mass is 19.1. The smallest absolute Gasteiger partial charge is 0.323 e. The number of hydrogen-bond donors (Lipinski definition) is 3. The molecule has 1 aliphatic heterocycles. The van der Waals surface area contributed by atoms with Gasteiger partial charge >= 0.3 is 6.03 Å². The van der Waals surface area contributed by atoms with Gasteiger partial charge in [-0.15, -0.1) is 0 Å². The number of pyridine rings is 1. The number of amides is 2. The molecule has 0 unspecified atom stereocenters. The highest BCUT2D eigenvalue weighted by Crippen LogP contribution is 2.33. The third-order valence-electron chi connectivity index (χ3n) is 6.71. The summed E-state index contributed by atoms with van der Waals surface area (Å²) in [6.07, 6.45) is 4.46. The average molecular weight is 556 g/mol. The van der Waals surface area contributed by atoms with E-state index >= 15 is 0 Å². The molecule has 9 nitrogen and oxygen atoms in total. The number of aliphatic hydroxyl groups excluding tert-OH is 1. The quantitative estimate of drug-likeness (QED) is 0.235. The number of aliphatic hydroxyl groups is 1. The van der Waals surface area contributed by atoms with Gasteiger partial charge in [0.2, 0.25) is 0 Å². The van der Waals surface area contributed by atoms with Crippen molar-refractivity contribution in [1.82, 2.24) is 9.88 Å². The minimum atomic E-state index is -0.663. The SMILES string of the molecule is N#Cc1cc2c(Oc3ccc(NC(=O)Nc4ccc(F)cc4)cc3)ccnc2cc1OC[C@H](O)CN1CCCCC1. The van der Waals surface area contributed by atoms with Crippen LogP contribution < -0.4 is 20.1 Å². The number of urea groups is 1. The largest absolute Gasteiger partial charge is 0.489 e. The predicted octanol–water partition coefficient (Wildman–Crippen LogP) is 5.91. The zero-order valence-corrected chi connectivity index (χ0v) is 22.3. The highest BCUT2D eigenvalue weighted by molar-refractivity contribution is 5.99. The molecule has 5 rings (SSSR count). The number of rotatable bonds is 9. The number of ether oxygens (including phenoxy) is 2. The van der Waals surface area contributed by atoms with Crippen LogP contribution in [0.15, 0.2) is 72.9 Å². The second kappa shape index (κ2) is 13.1. The zero-order chi connectivity index (χ0) is 28.6. The van der Waals surface area contributed by atoms with E-state index in [9.17, 15) is 19.6 Å². The molecule has 2 heterocycles. The first kappa shape index (κ1) is 27.8. The Labute approximate surface area is 237 Å². The molecule has 10 heteroatoms. The van der Waals surface area contributed by atoms with Crippen molar-refractivity contribution in [3.8, 4) is 23.3 Å². The number of carbonyl (C=O) groups is 1. The number of halogens is 1. The molecular formula is C31H30FN5O4. The Bertz CT molecular complexity index is 1530. The van der Waals surface area contributed by atoms with Crippen molar-refractivity contribution in [2.24, 2.45) is 0 Å². The fraction of sp³-hybridized carbons (Fsp3) is 0.258. The Morgan fingerprint density at radius 3 is 2.37 bits per heavy atom. The number of nitrogens with one attached hydrogen (secondary N) is 2. The summed E-state index contributed by atoms with van der Waals surface area (Å²) in [6, 6.07) is 19.0. The van der Waals surface area contributed by atoms with Gasteiger partial charge in [-0.05, 0) is 86.6 Å². The Hall–Kier alpha value is -4.72. The number of carbonyl (C=O) groups excluding carboxylic acids is 1. The van der Waals surface area contributed by atoms with E-state index in [4.69, 9.17) is 9.47 Å². The van der Waals surface area contributed by atoms with Gasteiger partial charge in [-0.3, -0.25) is 4.98 Å². The molecule has 1 aliphatic rings. The number of fused-ring (bicyclic) bond motifs is 1. The van der Waals surface area contributed by atoms with Crippen LogP contribution in [0.2, 0.25) is 0 Å². The number of nitrogens with zero attached hydrogens (tertiary/aromatic N) is 3. The summed E-state index contributed by atoms with van der Waals surface area (Å²) in [4.78, 5) is 18.9. The van der Waals surface area contributed by atoms with Crippen molar-refractivity contribution in [1.29, 1.82) is 5.26 Å². The third kappa shape index (κ3) is 7.48. The summed E-state index contributed by atoms with van der Waals surface area (Å²) in [5.74, 6) is 0.987. The van der Waals surface area contributed by atoms with Crippen LogP contribution in [0.25, 0.3) is 10.9 Å². The molecule has 210 valence electrons. The van der Waals surface area contributed by atoms with E-state index in [1.165, 1.54) is 30.7 Å².